The van der Waals surface area contributed by atoms with Gasteiger partial charge < -0.3 is 9.73 Å². The van der Waals surface area contributed by atoms with E-state index in [0.717, 1.165) is 17.7 Å². The largest absolute Gasteiger partial charge is 0.441 e. The number of benzene rings is 2. The van der Waals surface area contributed by atoms with Crippen molar-refractivity contribution in [3.8, 4) is 11.3 Å². The van der Waals surface area contributed by atoms with Gasteiger partial charge in [-0.2, -0.15) is 5.10 Å². The average Bonchev–Trinajstić information content (AvgIpc) is 3.37. The third-order valence-corrected chi connectivity index (χ3v) is 4.49. The molecule has 4 rings (SSSR count). The fourth-order valence-electron chi connectivity index (χ4n) is 3.02. The fourth-order valence-corrected chi connectivity index (χ4v) is 3.02. The molecule has 0 saturated heterocycles. The van der Waals surface area contributed by atoms with Crippen molar-refractivity contribution >= 4 is 11.7 Å². The quantitative estimate of drug-likeness (QED) is 0.491. The van der Waals surface area contributed by atoms with Crippen molar-refractivity contribution in [1.29, 1.82) is 0 Å². The molecule has 2 aromatic carbocycles. The molecule has 4 aromatic rings. The molecule has 0 aliphatic carbocycles. The predicted molar refractivity (Wildman–Crippen MR) is 107 cm³/mol. The minimum absolute atomic E-state index is 0.0121. The van der Waals surface area contributed by atoms with Crippen molar-refractivity contribution in [1.82, 2.24) is 14.8 Å². The Morgan fingerprint density at radius 3 is 2.57 bits per heavy atom. The Hall–Kier alpha value is -3.81. The summed E-state index contributed by atoms with van der Waals surface area (Å²) in [7, 11) is 0. The number of hydrogen-bond donors (Lipinski definition) is 1. The van der Waals surface area contributed by atoms with Crippen LogP contribution >= 0.6 is 0 Å². The lowest BCUT2D eigenvalue weighted by molar-refractivity contribution is -0.116. The van der Waals surface area contributed by atoms with Crippen LogP contribution in [0.25, 0.3) is 11.3 Å². The number of hydrogen-bond acceptors (Lipinski definition) is 4. The second kappa shape index (κ2) is 8.69. The topological polar surface area (TPSA) is 73.0 Å². The zero-order valence-electron chi connectivity index (χ0n) is 15.9. The van der Waals surface area contributed by atoms with Gasteiger partial charge in [0.05, 0.1) is 24.5 Å². The van der Waals surface area contributed by atoms with Crippen molar-refractivity contribution in [2.45, 2.75) is 19.4 Å². The second-order valence-electron chi connectivity index (χ2n) is 6.62. The van der Waals surface area contributed by atoms with Crippen LogP contribution in [0.1, 0.15) is 17.9 Å². The predicted octanol–water partition coefficient (Wildman–Crippen LogP) is 4.44. The van der Waals surface area contributed by atoms with Crippen LogP contribution in [0.3, 0.4) is 0 Å². The summed E-state index contributed by atoms with van der Waals surface area (Å²) in [5.74, 6) is -0.932. The molecule has 0 saturated carbocycles. The fraction of sp³-hybridized carbons (Fsp3) is 0.136. The summed E-state index contributed by atoms with van der Waals surface area (Å²) >= 11 is 0. The van der Waals surface area contributed by atoms with Gasteiger partial charge in [-0.25, -0.2) is 18.4 Å². The van der Waals surface area contributed by atoms with Gasteiger partial charge in [0, 0.05) is 18.9 Å². The minimum atomic E-state index is -0.734. The van der Waals surface area contributed by atoms with Crippen molar-refractivity contribution in [2.24, 2.45) is 0 Å². The highest BCUT2D eigenvalue weighted by molar-refractivity contribution is 5.89. The van der Waals surface area contributed by atoms with Gasteiger partial charge in [-0.1, -0.05) is 36.4 Å². The van der Waals surface area contributed by atoms with Crippen LogP contribution in [0.2, 0.25) is 0 Å². The molecule has 8 heteroatoms. The zero-order chi connectivity index (χ0) is 20.9. The third kappa shape index (κ3) is 4.43. The molecule has 1 N–H and O–H groups in total. The summed E-state index contributed by atoms with van der Waals surface area (Å²) in [5.41, 5.74) is 0.787. The van der Waals surface area contributed by atoms with Gasteiger partial charge in [-0.3, -0.25) is 4.79 Å². The van der Waals surface area contributed by atoms with Gasteiger partial charge in [0.1, 0.15) is 17.5 Å². The highest BCUT2D eigenvalue weighted by atomic mass is 19.1. The van der Waals surface area contributed by atoms with E-state index in [9.17, 15) is 13.6 Å². The number of aryl methyl sites for hydroxylation is 1. The monoisotopic (exact) mass is 408 g/mol. The number of nitrogens with zero attached hydrogens (tertiary/aromatic N) is 3. The standard InChI is InChI=1S/C22H18F2N4O2/c23-16-7-4-8-17(24)22(16)18-13-25-21(30-18)10-9-20(29)27-19-11-12-26-28(19)14-15-5-2-1-3-6-15/h1-8,11-13H,9-10,14H2,(H,27,29). The minimum Gasteiger partial charge on any atom is -0.441 e. The Labute approximate surface area is 171 Å². The number of aromatic nitrogens is 3. The highest BCUT2D eigenvalue weighted by Gasteiger charge is 2.16. The van der Waals surface area contributed by atoms with E-state index in [2.05, 4.69) is 15.4 Å². The number of rotatable bonds is 7. The van der Waals surface area contributed by atoms with E-state index in [1.165, 1.54) is 12.3 Å². The lowest BCUT2D eigenvalue weighted by Gasteiger charge is -2.09. The number of halogens is 2. The number of nitrogens with one attached hydrogen (secondary N) is 1. The Kier molecular flexibility index (Phi) is 5.65. The van der Waals surface area contributed by atoms with Gasteiger partial charge >= 0.3 is 0 Å². The molecule has 0 unspecified atom stereocenters. The molecule has 0 aliphatic rings. The van der Waals surface area contributed by atoms with E-state index in [-0.39, 0.29) is 36.0 Å². The van der Waals surface area contributed by atoms with Crippen molar-refractivity contribution in [3.05, 3.63) is 90.1 Å². The van der Waals surface area contributed by atoms with E-state index in [0.29, 0.717) is 12.4 Å². The number of oxazole rings is 1. The highest BCUT2D eigenvalue weighted by Crippen LogP contribution is 2.26. The lowest BCUT2D eigenvalue weighted by Crippen LogP contribution is -2.16. The molecule has 0 radical (unpaired) electrons. The molecule has 6 nitrogen and oxygen atoms in total. The maximum atomic E-state index is 13.9. The molecule has 2 heterocycles. The molecule has 0 atom stereocenters. The molecule has 1 amide bonds. The normalized spacial score (nSPS) is 10.9. The van der Waals surface area contributed by atoms with Gasteiger partial charge in [0.15, 0.2) is 11.7 Å². The van der Waals surface area contributed by atoms with E-state index in [1.807, 2.05) is 30.3 Å². The first-order valence-electron chi connectivity index (χ1n) is 9.35. The Morgan fingerprint density at radius 1 is 1.03 bits per heavy atom. The zero-order valence-corrected chi connectivity index (χ0v) is 15.9. The summed E-state index contributed by atoms with van der Waals surface area (Å²) < 4.78 is 34.9. The summed E-state index contributed by atoms with van der Waals surface area (Å²) in [4.78, 5) is 16.4. The lowest BCUT2D eigenvalue weighted by atomic mass is 10.1. The first-order chi connectivity index (χ1) is 14.6. The smallest absolute Gasteiger partial charge is 0.226 e. The SMILES string of the molecule is O=C(CCc1ncc(-c2c(F)cccc2F)o1)Nc1ccnn1Cc1ccccc1. The van der Waals surface area contributed by atoms with Gasteiger partial charge in [-0.15, -0.1) is 0 Å². The number of carbonyl (C=O) groups excluding carboxylic acids is 1. The number of amides is 1. The Balaban J connectivity index is 1.36. The van der Waals surface area contributed by atoms with Crippen molar-refractivity contribution in [3.63, 3.8) is 0 Å². The Bertz CT molecular complexity index is 1130. The summed E-state index contributed by atoms with van der Waals surface area (Å²) in [6, 6.07) is 15.0. The van der Waals surface area contributed by atoms with Crippen LogP contribution in [0.5, 0.6) is 0 Å². The van der Waals surface area contributed by atoms with E-state index in [1.54, 1.807) is 16.9 Å². The molecule has 0 aliphatic heterocycles. The first kappa shape index (κ1) is 19.5. The van der Waals surface area contributed by atoms with Crippen LogP contribution in [0.15, 0.2) is 71.4 Å². The maximum Gasteiger partial charge on any atom is 0.226 e. The molecule has 152 valence electrons. The average molecular weight is 408 g/mol. The number of carbonyl (C=O) groups is 1. The summed E-state index contributed by atoms with van der Waals surface area (Å²) in [6.45, 7) is 0.529. The van der Waals surface area contributed by atoms with Gasteiger partial charge in [0.2, 0.25) is 5.91 Å². The molecular weight excluding hydrogens is 390 g/mol. The molecular formula is C22H18F2N4O2. The summed E-state index contributed by atoms with van der Waals surface area (Å²) in [5, 5.41) is 7.05. The molecule has 2 aromatic heterocycles. The summed E-state index contributed by atoms with van der Waals surface area (Å²) in [6.07, 6.45) is 3.15. The van der Waals surface area contributed by atoms with E-state index < -0.39 is 11.6 Å². The molecule has 0 bridgehead atoms. The molecule has 0 spiro atoms. The van der Waals surface area contributed by atoms with Crippen LogP contribution in [-0.4, -0.2) is 20.7 Å². The molecule has 0 fully saturated rings. The maximum absolute atomic E-state index is 13.9. The van der Waals surface area contributed by atoms with Crippen LogP contribution in [0.4, 0.5) is 14.6 Å². The van der Waals surface area contributed by atoms with Crippen molar-refractivity contribution in [2.75, 3.05) is 5.32 Å². The van der Waals surface area contributed by atoms with Gasteiger partial charge in [-0.05, 0) is 17.7 Å². The second-order valence-corrected chi connectivity index (χ2v) is 6.62. The van der Waals surface area contributed by atoms with Crippen LogP contribution < -0.4 is 5.32 Å². The van der Waals surface area contributed by atoms with E-state index >= 15 is 0 Å². The van der Waals surface area contributed by atoms with Crippen LogP contribution in [-0.2, 0) is 17.8 Å². The van der Waals surface area contributed by atoms with E-state index in [4.69, 9.17) is 4.42 Å². The third-order valence-electron chi connectivity index (χ3n) is 4.49. The Morgan fingerprint density at radius 2 is 1.80 bits per heavy atom. The van der Waals surface area contributed by atoms with Crippen molar-refractivity contribution < 1.29 is 18.0 Å². The first-order valence-corrected chi connectivity index (χ1v) is 9.35. The number of anilines is 1. The van der Waals surface area contributed by atoms with Gasteiger partial charge in [0.25, 0.3) is 0 Å². The molecule has 30 heavy (non-hydrogen) atoms. The van der Waals surface area contributed by atoms with Crippen LogP contribution in [0, 0.1) is 11.6 Å².